The summed E-state index contributed by atoms with van der Waals surface area (Å²) in [7, 11) is -2.89. The van der Waals surface area contributed by atoms with Crippen molar-refractivity contribution in [2.45, 2.75) is 105 Å². The second-order valence-electron chi connectivity index (χ2n) is 7.34. The van der Waals surface area contributed by atoms with Crippen molar-refractivity contribution in [3.8, 4) is 0 Å². The lowest BCUT2D eigenvalue weighted by Gasteiger charge is -2.43. The minimum absolute atomic E-state index is 0.173. The molecule has 0 aliphatic heterocycles. The maximum absolute atomic E-state index is 11.2. The summed E-state index contributed by atoms with van der Waals surface area (Å²) < 4.78 is 16.7. The van der Waals surface area contributed by atoms with Gasteiger partial charge in [0.05, 0.1) is 5.60 Å². The molecule has 3 nitrogen and oxygen atoms in total. The molecule has 4 heteroatoms. The molecule has 0 aromatic carbocycles. The molecular weight excluding hydrogens is 295 g/mol. The summed E-state index contributed by atoms with van der Waals surface area (Å²) in [5.74, 6) is 0.674. The fraction of sp³-hybridized carbons (Fsp3) is 1.00. The van der Waals surface area contributed by atoms with E-state index in [1.54, 1.807) is 0 Å². The first kappa shape index (κ1) is 22.1. The lowest BCUT2D eigenvalue weighted by molar-refractivity contribution is -0.00201. The van der Waals surface area contributed by atoms with Gasteiger partial charge in [-0.1, -0.05) is 66.7 Å². The topological polar surface area (TPSA) is 46.5 Å². The third-order valence-electron chi connectivity index (χ3n) is 5.46. The number of hydrogen-bond donors (Lipinski definition) is 1. The summed E-state index contributed by atoms with van der Waals surface area (Å²) in [4.78, 5) is 9.23. The molecule has 3 unspecified atom stereocenters. The van der Waals surface area contributed by atoms with E-state index in [1.807, 2.05) is 13.8 Å². The van der Waals surface area contributed by atoms with Gasteiger partial charge in [-0.2, -0.15) is 0 Å². The first-order valence-electron chi connectivity index (χ1n) is 9.18. The first-order chi connectivity index (χ1) is 10.3. The van der Waals surface area contributed by atoms with Gasteiger partial charge in [0.1, 0.15) is 0 Å². The van der Waals surface area contributed by atoms with Gasteiger partial charge in [-0.05, 0) is 43.9 Å². The molecule has 0 saturated heterocycles. The molecule has 0 radical (unpaired) electrons. The molecule has 0 heterocycles. The quantitative estimate of drug-likeness (QED) is 0.399. The third kappa shape index (κ3) is 7.62. The van der Waals surface area contributed by atoms with Crippen molar-refractivity contribution in [1.82, 2.24) is 0 Å². The Morgan fingerprint density at radius 1 is 1.00 bits per heavy atom. The molecule has 0 aromatic rings. The van der Waals surface area contributed by atoms with Crippen molar-refractivity contribution in [2.75, 3.05) is 0 Å². The van der Waals surface area contributed by atoms with Crippen LogP contribution in [0.15, 0.2) is 0 Å². The summed E-state index contributed by atoms with van der Waals surface area (Å²) in [6.45, 7) is 13.1. The van der Waals surface area contributed by atoms with Crippen LogP contribution in [0, 0.1) is 11.3 Å². The van der Waals surface area contributed by atoms with Gasteiger partial charge in [0, 0.05) is 0 Å². The smallest absolute Gasteiger partial charge is 0.317 e. The average Bonchev–Trinajstić information content (AvgIpc) is 2.46. The van der Waals surface area contributed by atoms with Gasteiger partial charge in [-0.15, -0.1) is 0 Å². The van der Waals surface area contributed by atoms with Crippen LogP contribution < -0.4 is 0 Å². The normalized spacial score (nSPS) is 18.9. The highest BCUT2D eigenvalue weighted by molar-refractivity contribution is 7.32. The second-order valence-corrected chi connectivity index (χ2v) is 8.07. The van der Waals surface area contributed by atoms with Crippen LogP contribution in [0.5, 0.6) is 0 Å². The Hall–Kier alpha value is 0.150. The molecule has 0 aliphatic carbocycles. The molecule has 0 aromatic heterocycles. The molecule has 0 spiro atoms. The molecule has 3 atom stereocenters. The van der Waals surface area contributed by atoms with Gasteiger partial charge in [0.25, 0.3) is 0 Å². The van der Waals surface area contributed by atoms with Crippen LogP contribution in [0.25, 0.3) is 0 Å². The molecular formula is C18H39O3P. The van der Waals surface area contributed by atoms with E-state index in [0.717, 1.165) is 19.3 Å². The monoisotopic (exact) mass is 334 g/mol. The van der Waals surface area contributed by atoms with Crippen LogP contribution in [0.4, 0.5) is 0 Å². The standard InChI is InChI=1S/C18H39O3P/c1-7-11-13-16(14-12-8-2)17(5,9-3)15-18(6,10-4)21-22(19)20/h16,22H,7-15H2,1-6H3,(H,19,20). The Kier molecular flexibility index (Phi) is 10.9. The molecule has 0 bridgehead atoms. The van der Waals surface area contributed by atoms with Crippen molar-refractivity contribution in [3.05, 3.63) is 0 Å². The van der Waals surface area contributed by atoms with E-state index in [2.05, 4.69) is 27.7 Å². The summed E-state index contributed by atoms with van der Waals surface area (Å²) >= 11 is 0. The lowest BCUT2D eigenvalue weighted by atomic mass is 9.65. The van der Waals surface area contributed by atoms with Gasteiger partial charge >= 0.3 is 8.25 Å². The molecule has 0 fully saturated rings. The summed E-state index contributed by atoms with van der Waals surface area (Å²) in [6.07, 6.45) is 10.2. The van der Waals surface area contributed by atoms with E-state index < -0.39 is 13.9 Å². The van der Waals surface area contributed by atoms with Gasteiger partial charge in [0.15, 0.2) is 0 Å². The second kappa shape index (κ2) is 10.8. The zero-order chi connectivity index (χ0) is 17.2. The first-order valence-corrected chi connectivity index (χ1v) is 10.4. The summed E-state index contributed by atoms with van der Waals surface area (Å²) in [5.41, 5.74) is -0.321. The lowest BCUT2D eigenvalue weighted by Crippen LogP contribution is -2.38. The van der Waals surface area contributed by atoms with Crippen LogP contribution in [0.1, 0.15) is 99.3 Å². The highest BCUT2D eigenvalue weighted by Crippen LogP contribution is 2.47. The zero-order valence-corrected chi connectivity index (χ0v) is 16.7. The Balaban J connectivity index is 5.16. The Bertz CT molecular complexity index is 313. The van der Waals surface area contributed by atoms with E-state index in [-0.39, 0.29) is 5.41 Å². The summed E-state index contributed by atoms with van der Waals surface area (Å²) in [5, 5.41) is 0. The van der Waals surface area contributed by atoms with Crippen molar-refractivity contribution < 1.29 is 14.0 Å². The van der Waals surface area contributed by atoms with Crippen LogP contribution >= 0.6 is 8.25 Å². The van der Waals surface area contributed by atoms with Crippen LogP contribution in [-0.4, -0.2) is 10.5 Å². The van der Waals surface area contributed by atoms with Crippen molar-refractivity contribution in [2.24, 2.45) is 11.3 Å². The molecule has 134 valence electrons. The van der Waals surface area contributed by atoms with Crippen LogP contribution in [0.3, 0.4) is 0 Å². The van der Waals surface area contributed by atoms with E-state index in [9.17, 15) is 9.46 Å². The maximum atomic E-state index is 11.2. The van der Waals surface area contributed by atoms with Gasteiger partial charge < -0.3 is 9.42 Å². The summed E-state index contributed by atoms with van der Waals surface area (Å²) in [6, 6.07) is 0. The minimum Gasteiger partial charge on any atom is -0.326 e. The third-order valence-corrected chi connectivity index (χ3v) is 6.13. The maximum Gasteiger partial charge on any atom is 0.317 e. The van der Waals surface area contributed by atoms with E-state index >= 15 is 0 Å². The zero-order valence-electron chi connectivity index (χ0n) is 15.7. The van der Waals surface area contributed by atoms with Crippen molar-refractivity contribution in [3.63, 3.8) is 0 Å². The molecule has 0 saturated carbocycles. The minimum atomic E-state index is -2.89. The molecule has 22 heavy (non-hydrogen) atoms. The predicted octanol–water partition coefficient (Wildman–Crippen LogP) is 6.36. The number of unbranched alkanes of at least 4 members (excludes halogenated alkanes) is 2. The number of hydrogen-bond acceptors (Lipinski definition) is 2. The van der Waals surface area contributed by atoms with Gasteiger partial charge in [-0.3, -0.25) is 4.57 Å². The Labute approximate surface area is 139 Å². The SMILES string of the molecule is CCCCC(CCCC)C(C)(CC)CC(C)(CC)O[PH](=O)O. The van der Waals surface area contributed by atoms with E-state index in [0.29, 0.717) is 5.92 Å². The van der Waals surface area contributed by atoms with Crippen molar-refractivity contribution in [1.29, 1.82) is 0 Å². The molecule has 0 aliphatic rings. The molecule has 0 rings (SSSR count). The van der Waals surface area contributed by atoms with Crippen molar-refractivity contribution >= 4 is 8.25 Å². The Morgan fingerprint density at radius 3 is 1.82 bits per heavy atom. The van der Waals surface area contributed by atoms with Crippen LogP contribution in [-0.2, 0) is 9.09 Å². The highest BCUT2D eigenvalue weighted by atomic mass is 31.1. The molecule has 0 amide bonds. The number of rotatable bonds is 13. The predicted molar refractivity (Wildman–Crippen MR) is 96.6 cm³/mol. The fourth-order valence-corrected chi connectivity index (χ4v) is 4.24. The van der Waals surface area contributed by atoms with Gasteiger partial charge in [-0.25, -0.2) is 0 Å². The van der Waals surface area contributed by atoms with E-state index in [1.165, 1.54) is 38.5 Å². The fourth-order valence-electron chi connectivity index (χ4n) is 3.60. The van der Waals surface area contributed by atoms with Crippen LogP contribution in [0.2, 0.25) is 0 Å². The average molecular weight is 334 g/mol. The Morgan fingerprint density at radius 2 is 1.50 bits per heavy atom. The highest BCUT2D eigenvalue weighted by Gasteiger charge is 2.39. The van der Waals surface area contributed by atoms with E-state index in [4.69, 9.17) is 4.52 Å². The van der Waals surface area contributed by atoms with Gasteiger partial charge in [0.2, 0.25) is 0 Å². The molecule has 1 N–H and O–H groups in total. The largest absolute Gasteiger partial charge is 0.326 e.